The first-order valence-corrected chi connectivity index (χ1v) is 6.53. The highest BCUT2D eigenvalue weighted by atomic mass is 16.5. The van der Waals surface area contributed by atoms with Crippen LogP contribution in [0, 0.1) is 0 Å². The summed E-state index contributed by atoms with van der Waals surface area (Å²) in [6, 6.07) is 14.8. The quantitative estimate of drug-likeness (QED) is 0.480. The number of hydrogen-bond acceptors (Lipinski definition) is 3. The molecule has 0 aliphatic carbocycles. The van der Waals surface area contributed by atoms with Gasteiger partial charge in [-0.2, -0.15) is 0 Å². The van der Waals surface area contributed by atoms with E-state index < -0.39 is 5.97 Å². The van der Waals surface area contributed by atoms with Crippen molar-refractivity contribution in [3.63, 3.8) is 0 Å². The summed E-state index contributed by atoms with van der Waals surface area (Å²) in [6.07, 6.45) is 0.406. The van der Waals surface area contributed by atoms with Crippen LogP contribution in [0.3, 0.4) is 0 Å². The normalized spacial score (nSPS) is 10.1. The zero-order chi connectivity index (χ0) is 14.5. The fourth-order valence-corrected chi connectivity index (χ4v) is 2.04. The molecule has 0 saturated carbocycles. The van der Waals surface area contributed by atoms with Crippen molar-refractivity contribution in [2.24, 2.45) is 0 Å². The van der Waals surface area contributed by atoms with Crippen molar-refractivity contribution in [1.29, 1.82) is 0 Å². The molecule has 102 valence electrons. The van der Waals surface area contributed by atoms with E-state index in [4.69, 9.17) is 4.74 Å². The minimum absolute atomic E-state index is 0.0258. The van der Waals surface area contributed by atoms with Crippen molar-refractivity contribution in [3.8, 4) is 16.9 Å². The third-order valence-corrected chi connectivity index (χ3v) is 2.96. The molecule has 3 nitrogen and oxygen atoms in total. The second-order valence-electron chi connectivity index (χ2n) is 4.44. The molecule has 0 unspecified atom stereocenters. The largest absolute Gasteiger partial charge is 0.427 e. The Labute approximate surface area is 118 Å². The number of benzene rings is 2. The molecule has 0 fully saturated rings. The van der Waals surface area contributed by atoms with Crippen LogP contribution in [0.15, 0.2) is 48.5 Å². The molecule has 0 amide bonds. The van der Waals surface area contributed by atoms with Crippen molar-refractivity contribution in [1.82, 2.24) is 0 Å². The number of carbonyl (C=O) groups is 2. The Kier molecular flexibility index (Phi) is 4.31. The summed E-state index contributed by atoms with van der Waals surface area (Å²) in [5, 5.41) is 0. The van der Waals surface area contributed by atoms with E-state index in [1.54, 1.807) is 12.1 Å². The number of esters is 1. The summed E-state index contributed by atoms with van der Waals surface area (Å²) < 4.78 is 5.05. The Balaban J connectivity index is 2.51. The molecule has 3 heteroatoms. The highest BCUT2D eigenvalue weighted by molar-refractivity contribution is 6.02. The monoisotopic (exact) mass is 268 g/mol. The number of rotatable bonds is 4. The Morgan fingerprint density at radius 2 is 1.75 bits per heavy atom. The number of Topliss-reactive ketones (excluding diaryl/α,β-unsaturated/α-hetero) is 1. The predicted molar refractivity (Wildman–Crippen MR) is 77.8 cm³/mol. The van der Waals surface area contributed by atoms with Gasteiger partial charge in [0.25, 0.3) is 0 Å². The van der Waals surface area contributed by atoms with Gasteiger partial charge >= 0.3 is 5.97 Å². The van der Waals surface area contributed by atoms with E-state index in [0.29, 0.717) is 17.7 Å². The summed E-state index contributed by atoms with van der Waals surface area (Å²) in [6.45, 7) is 3.15. The predicted octanol–water partition coefficient (Wildman–Crippen LogP) is 3.87. The molecule has 0 aliphatic heterocycles. The van der Waals surface area contributed by atoms with Gasteiger partial charge in [0.05, 0.1) is 0 Å². The molecule has 0 saturated heterocycles. The van der Waals surface area contributed by atoms with Gasteiger partial charge in [0.15, 0.2) is 5.78 Å². The van der Waals surface area contributed by atoms with Crippen molar-refractivity contribution in [3.05, 3.63) is 54.1 Å². The second-order valence-corrected chi connectivity index (χ2v) is 4.44. The smallest absolute Gasteiger partial charge is 0.308 e. The van der Waals surface area contributed by atoms with Gasteiger partial charge < -0.3 is 4.74 Å². The lowest BCUT2D eigenvalue weighted by molar-refractivity contribution is -0.131. The minimum Gasteiger partial charge on any atom is -0.427 e. The van der Waals surface area contributed by atoms with E-state index in [9.17, 15) is 9.59 Å². The molecule has 0 N–H and O–H groups in total. The van der Waals surface area contributed by atoms with Crippen LogP contribution in [0.25, 0.3) is 11.1 Å². The molecule has 0 aromatic heterocycles. The molecule has 20 heavy (non-hydrogen) atoms. The van der Waals surface area contributed by atoms with E-state index >= 15 is 0 Å². The van der Waals surface area contributed by atoms with Crippen LogP contribution in [-0.4, -0.2) is 11.8 Å². The third-order valence-electron chi connectivity index (χ3n) is 2.96. The highest BCUT2D eigenvalue weighted by Crippen LogP contribution is 2.28. The third kappa shape index (κ3) is 3.12. The Morgan fingerprint density at radius 3 is 2.35 bits per heavy atom. The topological polar surface area (TPSA) is 43.4 Å². The summed E-state index contributed by atoms with van der Waals surface area (Å²) in [4.78, 5) is 23.1. The van der Waals surface area contributed by atoms with Gasteiger partial charge in [0.1, 0.15) is 5.75 Å². The van der Waals surface area contributed by atoms with Crippen LogP contribution in [-0.2, 0) is 4.79 Å². The average molecular weight is 268 g/mol. The van der Waals surface area contributed by atoms with Crippen LogP contribution < -0.4 is 4.74 Å². The van der Waals surface area contributed by atoms with Crippen molar-refractivity contribution in [2.75, 3.05) is 0 Å². The molecule has 2 aromatic carbocycles. The first-order valence-electron chi connectivity index (χ1n) is 6.53. The van der Waals surface area contributed by atoms with Crippen LogP contribution >= 0.6 is 0 Å². The molecule has 2 aromatic rings. The highest BCUT2D eigenvalue weighted by Gasteiger charge is 2.13. The molecule has 0 radical (unpaired) electrons. The van der Waals surface area contributed by atoms with Gasteiger partial charge in [-0.15, -0.1) is 0 Å². The van der Waals surface area contributed by atoms with Crippen LogP contribution in [0.2, 0.25) is 0 Å². The lowest BCUT2D eigenvalue weighted by Crippen LogP contribution is -2.04. The summed E-state index contributed by atoms with van der Waals surface area (Å²) in [5.41, 5.74) is 2.41. The molecule has 0 bridgehead atoms. The van der Waals surface area contributed by atoms with E-state index in [2.05, 4.69) is 0 Å². The van der Waals surface area contributed by atoms with Gasteiger partial charge in [-0.25, -0.2) is 0 Å². The molecule has 0 atom stereocenters. The van der Waals surface area contributed by atoms with Crippen molar-refractivity contribution < 1.29 is 14.3 Å². The van der Waals surface area contributed by atoms with Crippen LogP contribution in [0.5, 0.6) is 5.75 Å². The molecule has 2 rings (SSSR count). The van der Waals surface area contributed by atoms with Gasteiger partial charge in [-0.1, -0.05) is 37.3 Å². The maximum absolute atomic E-state index is 12.1. The minimum atomic E-state index is -0.396. The summed E-state index contributed by atoms with van der Waals surface area (Å²) >= 11 is 0. The lowest BCUT2D eigenvalue weighted by atomic mass is 9.96. The number of ketones is 1. The van der Waals surface area contributed by atoms with Crippen LogP contribution in [0.1, 0.15) is 30.6 Å². The lowest BCUT2D eigenvalue weighted by Gasteiger charge is -2.10. The molecule has 0 aliphatic rings. The molecule has 0 heterocycles. The number of ether oxygens (including phenoxy) is 1. The summed E-state index contributed by atoms with van der Waals surface area (Å²) in [5.74, 6) is 0.0270. The van der Waals surface area contributed by atoms with E-state index in [0.717, 1.165) is 11.1 Å². The number of hydrogen-bond donors (Lipinski definition) is 0. The van der Waals surface area contributed by atoms with Gasteiger partial charge in [-0.3, -0.25) is 9.59 Å². The average Bonchev–Trinajstić information content (AvgIpc) is 2.46. The first-order chi connectivity index (χ1) is 9.61. The maximum Gasteiger partial charge on any atom is 0.308 e. The van der Waals surface area contributed by atoms with Crippen molar-refractivity contribution >= 4 is 11.8 Å². The zero-order valence-corrected chi connectivity index (χ0v) is 11.6. The zero-order valence-electron chi connectivity index (χ0n) is 11.6. The molecule has 0 spiro atoms. The van der Waals surface area contributed by atoms with Crippen molar-refractivity contribution in [2.45, 2.75) is 20.3 Å². The maximum atomic E-state index is 12.1. The fourth-order valence-electron chi connectivity index (χ4n) is 2.04. The fraction of sp³-hybridized carbons (Fsp3) is 0.176. The second kappa shape index (κ2) is 6.15. The van der Waals surface area contributed by atoms with E-state index in [1.807, 2.05) is 43.3 Å². The molecular weight excluding hydrogens is 252 g/mol. The first kappa shape index (κ1) is 14.0. The van der Waals surface area contributed by atoms with Gasteiger partial charge in [0.2, 0.25) is 0 Å². The van der Waals surface area contributed by atoms with Gasteiger partial charge in [-0.05, 0) is 29.3 Å². The van der Waals surface area contributed by atoms with Crippen LogP contribution in [0.4, 0.5) is 0 Å². The van der Waals surface area contributed by atoms with E-state index in [1.165, 1.54) is 6.92 Å². The number of carbonyl (C=O) groups excluding carboxylic acids is 2. The van der Waals surface area contributed by atoms with E-state index in [-0.39, 0.29) is 5.78 Å². The Morgan fingerprint density at radius 1 is 1.05 bits per heavy atom. The Hall–Kier alpha value is -2.42. The Bertz CT molecular complexity index is 630. The molecular formula is C17H16O3. The standard InChI is InChI=1S/C17H16O3/c1-3-17(19)16-11-14(20-12(2)18)9-10-15(16)13-7-5-4-6-8-13/h4-11H,3H2,1-2H3. The van der Waals surface area contributed by atoms with Gasteiger partial charge in [0, 0.05) is 18.9 Å². The SMILES string of the molecule is CCC(=O)c1cc(OC(C)=O)ccc1-c1ccccc1. The summed E-state index contributed by atoms with van der Waals surface area (Å²) in [7, 11) is 0.